The average Bonchev–Trinajstić information content (AvgIpc) is 2.28. The molecule has 9 heteroatoms. The summed E-state index contributed by atoms with van der Waals surface area (Å²) in [5.41, 5.74) is -1.19. The number of rotatable bonds is 5. The number of carboxylic acids is 1. The fourth-order valence-electron chi connectivity index (χ4n) is 1.82. The van der Waals surface area contributed by atoms with Crippen LogP contribution in [0.3, 0.4) is 0 Å². The van der Waals surface area contributed by atoms with Crippen molar-refractivity contribution < 1.29 is 23.1 Å². The van der Waals surface area contributed by atoms with E-state index >= 15 is 0 Å². The summed E-state index contributed by atoms with van der Waals surface area (Å²) in [6.07, 6.45) is -0.282. The predicted octanol–water partition coefficient (Wildman–Crippen LogP) is -1.15. The van der Waals surface area contributed by atoms with Gasteiger partial charge < -0.3 is 10.4 Å². The van der Waals surface area contributed by atoms with E-state index in [0.717, 1.165) is 8.61 Å². The molecule has 19 heavy (non-hydrogen) atoms. The van der Waals surface area contributed by atoms with Crippen LogP contribution in [0, 0.1) is 0 Å². The van der Waals surface area contributed by atoms with Gasteiger partial charge >= 0.3 is 5.97 Å². The van der Waals surface area contributed by atoms with Gasteiger partial charge in [0, 0.05) is 26.7 Å². The molecule has 0 aromatic carbocycles. The topological polar surface area (TPSA) is 107 Å². The zero-order valence-electron chi connectivity index (χ0n) is 11.2. The predicted molar refractivity (Wildman–Crippen MR) is 67.6 cm³/mol. The number of aliphatic carboxylic acids is 1. The molecule has 2 N–H and O–H groups in total. The highest BCUT2D eigenvalue weighted by Gasteiger charge is 2.45. The number of hydrogen-bond donors (Lipinski definition) is 2. The van der Waals surface area contributed by atoms with Gasteiger partial charge in [0.25, 0.3) is 10.2 Å². The normalized spacial score (nSPS) is 20.3. The molecule has 110 valence electrons. The average molecular weight is 293 g/mol. The Morgan fingerprint density at radius 2 is 2.11 bits per heavy atom. The second-order valence-electron chi connectivity index (χ2n) is 4.86. The van der Waals surface area contributed by atoms with E-state index in [1.54, 1.807) is 0 Å². The van der Waals surface area contributed by atoms with Gasteiger partial charge in [-0.05, 0) is 13.8 Å². The van der Waals surface area contributed by atoms with E-state index in [1.165, 1.54) is 20.9 Å². The summed E-state index contributed by atoms with van der Waals surface area (Å²) in [5.74, 6) is -1.44. The number of nitrogens with one attached hydrogen (secondary N) is 1. The molecule has 0 bridgehead atoms. The van der Waals surface area contributed by atoms with Gasteiger partial charge in [0.15, 0.2) is 0 Å². The molecule has 1 heterocycles. The van der Waals surface area contributed by atoms with Crippen LogP contribution in [0.15, 0.2) is 0 Å². The molecule has 0 saturated carbocycles. The van der Waals surface area contributed by atoms with Gasteiger partial charge in [-0.3, -0.25) is 9.59 Å². The van der Waals surface area contributed by atoms with E-state index in [1.807, 2.05) is 0 Å². The molecule has 1 saturated heterocycles. The minimum atomic E-state index is -3.86. The fourth-order valence-corrected chi connectivity index (χ4v) is 3.46. The van der Waals surface area contributed by atoms with E-state index in [0.29, 0.717) is 0 Å². The molecule has 1 amide bonds. The Balaban J connectivity index is 2.92. The van der Waals surface area contributed by atoms with Crippen LogP contribution in [0.1, 0.15) is 20.3 Å². The van der Waals surface area contributed by atoms with Gasteiger partial charge in [0.2, 0.25) is 5.91 Å². The second kappa shape index (κ2) is 5.43. The second-order valence-corrected chi connectivity index (χ2v) is 6.82. The number of amides is 1. The lowest BCUT2D eigenvalue weighted by Gasteiger charge is -2.41. The summed E-state index contributed by atoms with van der Waals surface area (Å²) in [4.78, 5) is 22.2. The lowest BCUT2D eigenvalue weighted by molar-refractivity contribution is -0.137. The van der Waals surface area contributed by atoms with Gasteiger partial charge in [-0.25, -0.2) is 0 Å². The van der Waals surface area contributed by atoms with Gasteiger partial charge in [-0.1, -0.05) is 0 Å². The Bertz CT molecular complexity index is 474. The highest BCUT2D eigenvalue weighted by Crippen LogP contribution is 2.23. The first-order valence-corrected chi connectivity index (χ1v) is 7.24. The molecule has 0 spiro atoms. The standard InChI is InChI=1S/C10H19N3O5S/c1-10(2)9(16)11-5-7-13(10)19(17,18)12(3)6-4-8(14)15/h4-7H2,1-3H3,(H,11,16)(H,14,15). The first-order valence-electron chi connectivity index (χ1n) is 5.84. The Kier molecular flexibility index (Phi) is 4.54. The molecular formula is C10H19N3O5S. The summed E-state index contributed by atoms with van der Waals surface area (Å²) in [5, 5.41) is 11.2. The monoisotopic (exact) mass is 293 g/mol. The molecule has 0 aromatic rings. The van der Waals surface area contributed by atoms with E-state index in [2.05, 4.69) is 5.32 Å². The van der Waals surface area contributed by atoms with Crippen LogP contribution in [0.4, 0.5) is 0 Å². The van der Waals surface area contributed by atoms with Crippen LogP contribution in [0.5, 0.6) is 0 Å². The minimum absolute atomic E-state index is 0.133. The number of carboxylic acid groups (broad SMARTS) is 1. The van der Waals surface area contributed by atoms with Gasteiger partial charge in [-0.2, -0.15) is 17.0 Å². The van der Waals surface area contributed by atoms with Crippen LogP contribution >= 0.6 is 0 Å². The summed E-state index contributed by atoms with van der Waals surface area (Å²) in [6.45, 7) is 3.31. The molecule has 1 fully saturated rings. The highest BCUT2D eigenvalue weighted by atomic mass is 32.2. The van der Waals surface area contributed by atoms with E-state index in [4.69, 9.17) is 5.11 Å². The van der Waals surface area contributed by atoms with Crippen LogP contribution in [-0.4, -0.2) is 66.2 Å². The summed E-state index contributed by atoms with van der Waals surface area (Å²) < 4.78 is 26.7. The third kappa shape index (κ3) is 3.23. The van der Waals surface area contributed by atoms with Crippen molar-refractivity contribution in [2.24, 2.45) is 0 Å². The first-order chi connectivity index (χ1) is 8.60. The maximum Gasteiger partial charge on any atom is 0.304 e. The third-order valence-electron chi connectivity index (χ3n) is 3.09. The van der Waals surface area contributed by atoms with E-state index in [9.17, 15) is 18.0 Å². The highest BCUT2D eigenvalue weighted by molar-refractivity contribution is 7.86. The van der Waals surface area contributed by atoms with Gasteiger partial charge in [-0.15, -0.1) is 0 Å². The van der Waals surface area contributed by atoms with E-state index < -0.39 is 21.7 Å². The van der Waals surface area contributed by atoms with Crippen LogP contribution in [0.2, 0.25) is 0 Å². The van der Waals surface area contributed by atoms with Crippen molar-refractivity contribution in [2.45, 2.75) is 25.8 Å². The molecule has 1 aliphatic heterocycles. The summed E-state index contributed by atoms with van der Waals surface area (Å²) in [7, 11) is -2.55. The van der Waals surface area contributed by atoms with Crippen LogP contribution in [-0.2, 0) is 19.8 Å². The first kappa shape index (κ1) is 15.9. The van der Waals surface area contributed by atoms with Crippen molar-refractivity contribution in [3.05, 3.63) is 0 Å². The van der Waals surface area contributed by atoms with Crippen molar-refractivity contribution in [2.75, 3.05) is 26.7 Å². The smallest absolute Gasteiger partial charge is 0.304 e. The Morgan fingerprint density at radius 1 is 1.53 bits per heavy atom. The molecule has 0 atom stereocenters. The van der Waals surface area contributed by atoms with Gasteiger partial charge in [0.1, 0.15) is 5.54 Å². The lowest BCUT2D eigenvalue weighted by Crippen LogP contribution is -2.65. The minimum Gasteiger partial charge on any atom is -0.481 e. The van der Waals surface area contributed by atoms with Crippen molar-refractivity contribution in [1.29, 1.82) is 0 Å². The largest absolute Gasteiger partial charge is 0.481 e. The number of carbonyl (C=O) groups excluding carboxylic acids is 1. The van der Waals surface area contributed by atoms with Crippen molar-refractivity contribution in [3.8, 4) is 0 Å². The molecular weight excluding hydrogens is 274 g/mol. The maximum atomic E-state index is 12.3. The Labute approximate surface area is 112 Å². The maximum absolute atomic E-state index is 12.3. The van der Waals surface area contributed by atoms with Gasteiger partial charge in [0.05, 0.1) is 6.42 Å². The zero-order valence-corrected chi connectivity index (χ0v) is 12.0. The molecule has 0 radical (unpaired) electrons. The van der Waals surface area contributed by atoms with E-state index in [-0.39, 0.29) is 32.0 Å². The SMILES string of the molecule is CN(CCC(=O)O)S(=O)(=O)N1CCNC(=O)C1(C)C. The molecule has 8 nitrogen and oxygen atoms in total. The Morgan fingerprint density at radius 3 is 2.63 bits per heavy atom. The quantitative estimate of drug-likeness (QED) is 0.665. The molecule has 0 unspecified atom stereocenters. The van der Waals surface area contributed by atoms with Crippen molar-refractivity contribution >= 4 is 22.1 Å². The number of carbonyl (C=O) groups is 2. The van der Waals surface area contributed by atoms with Crippen molar-refractivity contribution in [3.63, 3.8) is 0 Å². The third-order valence-corrected chi connectivity index (χ3v) is 5.26. The lowest BCUT2D eigenvalue weighted by atomic mass is 10.0. The number of nitrogens with zero attached hydrogens (tertiary/aromatic N) is 2. The molecule has 1 rings (SSSR count). The number of piperazine rings is 1. The van der Waals surface area contributed by atoms with Crippen molar-refractivity contribution in [1.82, 2.24) is 13.9 Å². The van der Waals surface area contributed by atoms with Crippen LogP contribution in [0.25, 0.3) is 0 Å². The Hall–Kier alpha value is -1.19. The molecule has 0 aliphatic carbocycles. The molecule has 1 aliphatic rings. The number of hydrogen-bond acceptors (Lipinski definition) is 4. The summed E-state index contributed by atoms with van der Waals surface area (Å²) >= 11 is 0. The van der Waals surface area contributed by atoms with Crippen LogP contribution < -0.4 is 5.32 Å². The zero-order chi connectivity index (χ0) is 14.8. The fraction of sp³-hybridized carbons (Fsp3) is 0.800. The molecule has 0 aromatic heterocycles. The summed E-state index contributed by atoms with van der Waals surface area (Å²) in [6, 6.07) is 0.